The first-order valence-corrected chi connectivity index (χ1v) is 9.95. The number of hydrogen-bond donors (Lipinski definition) is 0. The maximum atomic E-state index is 5.80. The summed E-state index contributed by atoms with van der Waals surface area (Å²) in [6, 6.07) is 0. The maximum absolute atomic E-state index is 5.80. The molecule has 2 aliphatic carbocycles. The summed E-state index contributed by atoms with van der Waals surface area (Å²) < 4.78 is 5.80. The summed E-state index contributed by atoms with van der Waals surface area (Å²) in [7, 11) is 0. The quantitative estimate of drug-likeness (QED) is 0.473. The van der Waals surface area contributed by atoms with Crippen LogP contribution in [0.4, 0.5) is 0 Å². The fraction of sp³-hybridized carbons (Fsp3) is 1.00. The summed E-state index contributed by atoms with van der Waals surface area (Å²) in [4.78, 5) is 0. The van der Waals surface area contributed by atoms with Crippen LogP contribution >= 0.6 is 0 Å². The molecule has 2 saturated carbocycles. The Morgan fingerprint density at radius 1 is 0.714 bits per heavy atom. The molecule has 0 aromatic carbocycles. The van der Waals surface area contributed by atoms with Gasteiger partial charge in [-0.2, -0.15) is 0 Å². The summed E-state index contributed by atoms with van der Waals surface area (Å²) in [6.45, 7) is 5.35. The van der Waals surface area contributed by atoms with Crippen LogP contribution in [0.25, 0.3) is 0 Å². The molecule has 0 aromatic heterocycles. The smallest absolute Gasteiger partial charge is 0.0575 e. The number of ether oxygens (including phenoxy) is 1. The monoisotopic (exact) mass is 294 g/mol. The fourth-order valence-corrected chi connectivity index (χ4v) is 4.77. The van der Waals surface area contributed by atoms with Gasteiger partial charge in [0.25, 0.3) is 0 Å². The van der Waals surface area contributed by atoms with Crippen LogP contribution in [0.3, 0.4) is 0 Å². The average molecular weight is 295 g/mol. The zero-order valence-corrected chi connectivity index (χ0v) is 14.6. The highest BCUT2D eigenvalue weighted by molar-refractivity contribution is 4.82. The van der Waals surface area contributed by atoms with Crippen molar-refractivity contribution < 1.29 is 4.74 Å². The lowest BCUT2D eigenvalue weighted by Crippen LogP contribution is -2.28. The van der Waals surface area contributed by atoms with E-state index in [1.165, 1.54) is 83.5 Å². The van der Waals surface area contributed by atoms with Crippen molar-refractivity contribution in [2.45, 2.75) is 103 Å². The minimum atomic E-state index is 0.584. The molecule has 0 N–H and O–H groups in total. The van der Waals surface area contributed by atoms with Crippen molar-refractivity contribution in [2.75, 3.05) is 6.61 Å². The van der Waals surface area contributed by atoms with E-state index >= 15 is 0 Å². The summed E-state index contributed by atoms with van der Waals surface area (Å²) in [6.07, 6.45) is 19.5. The van der Waals surface area contributed by atoms with E-state index in [0.717, 1.165) is 24.4 Å². The topological polar surface area (TPSA) is 9.23 Å². The second-order valence-corrected chi connectivity index (χ2v) is 7.62. The van der Waals surface area contributed by atoms with Gasteiger partial charge in [-0.25, -0.2) is 0 Å². The van der Waals surface area contributed by atoms with E-state index in [0.29, 0.717) is 6.10 Å². The van der Waals surface area contributed by atoms with Crippen LogP contribution in [0, 0.1) is 17.8 Å². The fourth-order valence-electron chi connectivity index (χ4n) is 4.77. The van der Waals surface area contributed by atoms with Crippen molar-refractivity contribution in [1.82, 2.24) is 0 Å². The van der Waals surface area contributed by atoms with E-state index in [9.17, 15) is 0 Å². The molecule has 2 aliphatic rings. The minimum Gasteiger partial charge on any atom is -0.379 e. The van der Waals surface area contributed by atoms with Gasteiger partial charge in [-0.3, -0.25) is 0 Å². The Morgan fingerprint density at radius 2 is 1.33 bits per heavy atom. The molecule has 0 atom stereocenters. The van der Waals surface area contributed by atoms with Crippen LogP contribution in [0.2, 0.25) is 0 Å². The van der Waals surface area contributed by atoms with Crippen molar-refractivity contribution in [2.24, 2.45) is 17.8 Å². The zero-order chi connectivity index (χ0) is 14.9. The molecule has 1 heteroatoms. The van der Waals surface area contributed by atoms with Crippen molar-refractivity contribution in [3.8, 4) is 0 Å². The number of unbranched alkanes of at least 4 members (excludes halogenated alkanes) is 3. The Hall–Kier alpha value is -0.0400. The largest absolute Gasteiger partial charge is 0.379 e. The predicted octanol–water partition coefficient (Wildman–Crippen LogP) is 6.36. The second kappa shape index (κ2) is 9.87. The zero-order valence-electron chi connectivity index (χ0n) is 14.6. The number of rotatable bonds is 8. The molecule has 1 nitrogen and oxygen atoms in total. The molecule has 21 heavy (non-hydrogen) atoms. The first-order chi connectivity index (χ1) is 10.3. The molecule has 0 unspecified atom stereocenters. The lowest BCUT2D eigenvalue weighted by atomic mass is 9.70. The van der Waals surface area contributed by atoms with Gasteiger partial charge in [0.1, 0.15) is 0 Å². The third-order valence-corrected chi connectivity index (χ3v) is 6.15. The van der Waals surface area contributed by atoms with E-state index in [1.54, 1.807) is 0 Å². The Bertz CT molecular complexity index is 247. The summed E-state index contributed by atoms with van der Waals surface area (Å²) in [5.41, 5.74) is 0. The standard InChI is InChI=1S/C20H38O/c1-3-5-6-7-8-17-9-11-18(12-10-17)19-13-15-20(16-14-19)21-4-2/h17-20H,3-16H2,1-2H3/t17-,18-,19-,20-. The third-order valence-electron chi connectivity index (χ3n) is 6.15. The van der Waals surface area contributed by atoms with Gasteiger partial charge >= 0.3 is 0 Å². The molecular formula is C20H38O. The van der Waals surface area contributed by atoms with Crippen molar-refractivity contribution in [3.63, 3.8) is 0 Å². The SMILES string of the molecule is CCCCCC[C@H]1CC[C@H]([C@H]2CC[C@H](OCC)CC2)CC1. The van der Waals surface area contributed by atoms with Crippen molar-refractivity contribution in [1.29, 1.82) is 0 Å². The molecular weight excluding hydrogens is 256 g/mol. The molecule has 124 valence electrons. The van der Waals surface area contributed by atoms with Crippen LogP contribution in [0.15, 0.2) is 0 Å². The van der Waals surface area contributed by atoms with Gasteiger partial charge in [0.05, 0.1) is 6.10 Å². The Morgan fingerprint density at radius 3 is 1.90 bits per heavy atom. The molecule has 0 heterocycles. The van der Waals surface area contributed by atoms with Gasteiger partial charge in [-0.15, -0.1) is 0 Å². The molecule has 2 rings (SSSR count). The third kappa shape index (κ3) is 5.93. The number of hydrogen-bond acceptors (Lipinski definition) is 1. The summed E-state index contributed by atoms with van der Waals surface area (Å²) in [5.74, 6) is 3.15. The lowest BCUT2D eigenvalue weighted by Gasteiger charge is -2.37. The van der Waals surface area contributed by atoms with Crippen molar-refractivity contribution in [3.05, 3.63) is 0 Å². The highest BCUT2D eigenvalue weighted by Crippen LogP contribution is 2.41. The van der Waals surface area contributed by atoms with Gasteiger partial charge in [-0.1, -0.05) is 51.9 Å². The average Bonchev–Trinajstić information content (AvgIpc) is 2.53. The highest BCUT2D eigenvalue weighted by Gasteiger charge is 2.30. The maximum Gasteiger partial charge on any atom is 0.0575 e. The predicted molar refractivity (Wildman–Crippen MR) is 91.6 cm³/mol. The van der Waals surface area contributed by atoms with Gasteiger partial charge in [0.15, 0.2) is 0 Å². The Balaban J connectivity index is 1.59. The Labute approximate surface area is 133 Å². The molecule has 0 aromatic rings. The molecule has 0 aliphatic heterocycles. The molecule has 0 amide bonds. The summed E-state index contributed by atoms with van der Waals surface area (Å²) >= 11 is 0. The van der Waals surface area contributed by atoms with Crippen LogP contribution < -0.4 is 0 Å². The van der Waals surface area contributed by atoms with Gasteiger partial charge in [0, 0.05) is 6.61 Å². The normalized spacial score (nSPS) is 34.0. The van der Waals surface area contributed by atoms with E-state index in [-0.39, 0.29) is 0 Å². The Kier molecular flexibility index (Phi) is 8.14. The van der Waals surface area contributed by atoms with Gasteiger partial charge in [-0.05, 0) is 63.2 Å². The van der Waals surface area contributed by atoms with Gasteiger partial charge in [0.2, 0.25) is 0 Å². The van der Waals surface area contributed by atoms with E-state index in [1.807, 2.05) is 0 Å². The van der Waals surface area contributed by atoms with Crippen LogP contribution in [-0.4, -0.2) is 12.7 Å². The molecule has 0 saturated heterocycles. The van der Waals surface area contributed by atoms with E-state index < -0.39 is 0 Å². The lowest BCUT2D eigenvalue weighted by molar-refractivity contribution is 0.0134. The van der Waals surface area contributed by atoms with Crippen LogP contribution in [-0.2, 0) is 4.74 Å². The second-order valence-electron chi connectivity index (χ2n) is 7.62. The molecule has 0 bridgehead atoms. The van der Waals surface area contributed by atoms with E-state index in [4.69, 9.17) is 4.74 Å². The summed E-state index contributed by atoms with van der Waals surface area (Å²) in [5, 5.41) is 0. The minimum absolute atomic E-state index is 0.584. The van der Waals surface area contributed by atoms with Crippen LogP contribution in [0.1, 0.15) is 97.3 Å². The first kappa shape index (κ1) is 17.3. The molecule has 0 spiro atoms. The van der Waals surface area contributed by atoms with Crippen LogP contribution in [0.5, 0.6) is 0 Å². The molecule has 0 radical (unpaired) electrons. The highest BCUT2D eigenvalue weighted by atomic mass is 16.5. The van der Waals surface area contributed by atoms with Gasteiger partial charge < -0.3 is 4.74 Å². The first-order valence-electron chi connectivity index (χ1n) is 9.95. The van der Waals surface area contributed by atoms with Crippen molar-refractivity contribution >= 4 is 0 Å². The molecule has 2 fully saturated rings. The van der Waals surface area contributed by atoms with E-state index in [2.05, 4.69) is 13.8 Å².